The predicted octanol–water partition coefficient (Wildman–Crippen LogP) is 2.86. The summed E-state index contributed by atoms with van der Waals surface area (Å²) in [5.41, 5.74) is 2.26. The van der Waals surface area contributed by atoms with Gasteiger partial charge in [-0.25, -0.2) is 0 Å². The quantitative estimate of drug-likeness (QED) is 0.756. The molecule has 1 heteroatoms. The van der Waals surface area contributed by atoms with E-state index in [-0.39, 0.29) is 12.0 Å². The van der Waals surface area contributed by atoms with Crippen molar-refractivity contribution in [1.82, 2.24) is 0 Å². The molecule has 0 amide bonds. The molecule has 0 aromatic heterocycles. The topological polar surface area (TPSA) is 20.2 Å². The van der Waals surface area contributed by atoms with E-state index in [1.54, 1.807) is 0 Å². The second-order valence-corrected chi connectivity index (χ2v) is 4.00. The third kappa shape index (κ3) is 1.73. The van der Waals surface area contributed by atoms with Crippen LogP contribution < -0.4 is 0 Å². The Balaban J connectivity index is 2.16. The lowest BCUT2D eigenvalue weighted by atomic mass is 9.91. The molecule has 2 atom stereocenters. The molecular weight excluding hydrogens is 172 g/mol. The fourth-order valence-electron chi connectivity index (χ4n) is 2.21. The number of aliphatic hydroxyl groups is 1. The lowest BCUT2D eigenvalue weighted by Gasteiger charge is -2.17. The van der Waals surface area contributed by atoms with Gasteiger partial charge in [0.05, 0.1) is 6.10 Å². The lowest BCUT2D eigenvalue weighted by molar-refractivity contribution is 0.157. The molecule has 1 aromatic carbocycles. The molecule has 2 rings (SSSR count). The van der Waals surface area contributed by atoms with Crippen LogP contribution in [-0.2, 0) is 0 Å². The molecule has 1 aromatic rings. The van der Waals surface area contributed by atoms with E-state index in [2.05, 4.69) is 18.7 Å². The predicted molar refractivity (Wildman–Crippen MR) is 58.8 cm³/mol. The molecule has 1 aliphatic carbocycles. The van der Waals surface area contributed by atoms with Crippen molar-refractivity contribution in [3.8, 4) is 0 Å². The summed E-state index contributed by atoms with van der Waals surface area (Å²) < 4.78 is 0. The van der Waals surface area contributed by atoms with Gasteiger partial charge in [-0.2, -0.15) is 0 Å². The van der Waals surface area contributed by atoms with Crippen molar-refractivity contribution in [3.63, 3.8) is 0 Å². The minimum Gasteiger partial charge on any atom is -0.392 e. The summed E-state index contributed by atoms with van der Waals surface area (Å²) in [4.78, 5) is 0. The van der Waals surface area contributed by atoms with Crippen LogP contribution in [0, 0.1) is 5.92 Å². The van der Waals surface area contributed by atoms with Gasteiger partial charge in [-0.05, 0) is 24.0 Å². The van der Waals surface area contributed by atoms with Gasteiger partial charge < -0.3 is 5.11 Å². The molecule has 0 heterocycles. The van der Waals surface area contributed by atoms with E-state index in [1.165, 1.54) is 5.56 Å². The van der Waals surface area contributed by atoms with E-state index in [0.717, 1.165) is 24.8 Å². The first kappa shape index (κ1) is 9.47. The summed E-state index contributed by atoms with van der Waals surface area (Å²) in [5, 5.41) is 9.76. The summed E-state index contributed by atoms with van der Waals surface area (Å²) >= 11 is 0. The second kappa shape index (κ2) is 3.97. The summed E-state index contributed by atoms with van der Waals surface area (Å²) in [7, 11) is 0. The number of hydrogen-bond acceptors (Lipinski definition) is 1. The summed E-state index contributed by atoms with van der Waals surface area (Å²) in [6, 6.07) is 10.2. The molecule has 1 nitrogen and oxygen atoms in total. The molecule has 14 heavy (non-hydrogen) atoms. The Labute approximate surface area is 85.1 Å². The molecule has 0 aliphatic heterocycles. The molecule has 1 N–H and O–H groups in total. The van der Waals surface area contributed by atoms with Crippen molar-refractivity contribution < 1.29 is 5.11 Å². The average molecular weight is 188 g/mol. The Bertz CT molecular complexity index is 315. The molecule has 74 valence electrons. The van der Waals surface area contributed by atoms with Gasteiger partial charge in [-0.15, -0.1) is 0 Å². The Hall–Kier alpha value is -1.08. The molecule has 0 radical (unpaired) electrons. The van der Waals surface area contributed by atoms with Gasteiger partial charge in [0.15, 0.2) is 0 Å². The van der Waals surface area contributed by atoms with Crippen molar-refractivity contribution in [1.29, 1.82) is 0 Å². The van der Waals surface area contributed by atoms with E-state index >= 15 is 0 Å². The van der Waals surface area contributed by atoms with Gasteiger partial charge in [0.25, 0.3) is 0 Å². The molecule has 0 spiro atoms. The zero-order valence-corrected chi connectivity index (χ0v) is 8.32. The first-order valence-electron chi connectivity index (χ1n) is 5.21. The van der Waals surface area contributed by atoms with Crippen LogP contribution in [0.25, 0.3) is 5.57 Å². The minimum absolute atomic E-state index is 0.178. The van der Waals surface area contributed by atoms with Crippen molar-refractivity contribution in [2.24, 2.45) is 5.92 Å². The van der Waals surface area contributed by atoms with Crippen LogP contribution >= 0.6 is 0 Å². The van der Waals surface area contributed by atoms with Crippen LogP contribution in [0.3, 0.4) is 0 Å². The Morgan fingerprint density at radius 1 is 1.21 bits per heavy atom. The highest BCUT2D eigenvalue weighted by molar-refractivity contribution is 5.65. The van der Waals surface area contributed by atoms with Gasteiger partial charge in [0.2, 0.25) is 0 Å². The Morgan fingerprint density at radius 3 is 2.50 bits per heavy atom. The molecule has 0 saturated heterocycles. The first-order chi connectivity index (χ1) is 6.79. The fourth-order valence-corrected chi connectivity index (χ4v) is 2.21. The summed E-state index contributed by atoms with van der Waals surface area (Å²) in [5.74, 6) is 0.275. The second-order valence-electron chi connectivity index (χ2n) is 4.00. The normalized spacial score (nSPS) is 26.4. The SMILES string of the molecule is C=C(c1ccccc1)[C@@H]1CCC[C@H]1O. The molecule has 1 fully saturated rings. The number of aliphatic hydroxyl groups excluding tert-OH is 1. The van der Waals surface area contributed by atoms with E-state index in [0.29, 0.717) is 0 Å². The van der Waals surface area contributed by atoms with E-state index in [4.69, 9.17) is 0 Å². The van der Waals surface area contributed by atoms with Crippen molar-refractivity contribution >= 4 is 5.57 Å². The van der Waals surface area contributed by atoms with Crippen LogP contribution in [0.4, 0.5) is 0 Å². The highest BCUT2D eigenvalue weighted by atomic mass is 16.3. The average Bonchev–Trinajstić information content (AvgIpc) is 2.65. The van der Waals surface area contributed by atoms with Crippen LogP contribution in [-0.4, -0.2) is 11.2 Å². The van der Waals surface area contributed by atoms with Crippen LogP contribution in [0.5, 0.6) is 0 Å². The van der Waals surface area contributed by atoms with Gasteiger partial charge in [-0.1, -0.05) is 43.3 Å². The largest absolute Gasteiger partial charge is 0.392 e. The minimum atomic E-state index is -0.178. The molecule has 0 unspecified atom stereocenters. The van der Waals surface area contributed by atoms with Crippen LogP contribution in [0.1, 0.15) is 24.8 Å². The van der Waals surface area contributed by atoms with Crippen molar-refractivity contribution in [2.45, 2.75) is 25.4 Å². The standard InChI is InChI=1S/C13H16O/c1-10(11-6-3-2-4-7-11)12-8-5-9-13(12)14/h2-4,6-7,12-14H,1,5,8-9H2/t12-,13+/m0/s1. The van der Waals surface area contributed by atoms with Gasteiger partial charge >= 0.3 is 0 Å². The van der Waals surface area contributed by atoms with Crippen molar-refractivity contribution in [3.05, 3.63) is 42.5 Å². The Kier molecular flexibility index (Phi) is 2.69. The molecular formula is C13H16O. The maximum atomic E-state index is 9.76. The first-order valence-corrected chi connectivity index (χ1v) is 5.21. The lowest BCUT2D eigenvalue weighted by Crippen LogP contribution is -2.14. The summed E-state index contributed by atoms with van der Waals surface area (Å²) in [6.07, 6.45) is 2.95. The van der Waals surface area contributed by atoms with Crippen LogP contribution in [0.2, 0.25) is 0 Å². The third-order valence-electron chi connectivity index (χ3n) is 3.07. The van der Waals surface area contributed by atoms with Crippen molar-refractivity contribution in [2.75, 3.05) is 0 Å². The van der Waals surface area contributed by atoms with Gasteiger partial charge in [0, 0.05) is 5.92 Å². The molecule has 1 saturated carbocycles. The number of benzene rings is 1. The molecule has 1 aliphatic rings. The third-order valence-corrected chi connectivity index (χ3v) is 3.07. The highest BCUT2D eigenvalue weighted by Gasteiger charge is 2.27. The van der Waals surface area contributed by atoms with Crippen LogP contribution in [0.15, 0.2) is 36.9 Å². The van der Waals surface area contributed by atoms with E-state index in [1.807, 2.05) is 18.2 Å². The highest BCUT2D eigenvalue weighted by Crippen LogP contribution is 2.35. The van der Waals surface area contributed by atoms with Gasteiger partial charge in [0.1, 0.15) is 0 Å². The number of hydrogen-bond donors (Lipinski definition) is 1. The van der Waals surface area contributed by atoms with E-state index in [9.17, 15) is 5.11 Å². The summed E-state index contributed by atoms with van der Waals surface area (Å²) in [6.45, 7) is 4.10. The monoisotopic (exact) mass is 188 g/mol. The zero-order valence-electron chi connectivity index (χ0n) is 8.32. The maximum Gasteiger partial charge on any atom is 0.0608 e. The van der Waals surface area contributed by atoms with E-state index < -0.39 is 0 Å². The number of rotatable bonds is 2. The molecule has 0 bridgehead atoms. The smallest absolute Gasteiger partial charge is 0.0608 e. The fraction of sp³-hybridized carbons (Fsp3) is 0.385. The Morgan fingerprint density at radius 2 is 1.93 bits per heavy atom. The zero-order chi connectivity index (χ0) is 9.97. The maximum absolute atomic E-state index is 9.76. The van der Waals surface area contributed by atoms with Gasteiger partial charge in [-0.3, -0.25) is 0 Å².